The molecule has 0 heterocycles. The van der Waals surface area contributed by atoms with Gasteiger partial charge in [0.1, 0.15) is 6.61 Å². The van der Waals surface area contributed by atoms with Gasteiger partial charge in [0.15, 0.2) is 0 Å². The normalized spacial score (nSPS) is 13.2. The molecule has 4 rings (SSSR count). The number of carbonyl (C=O) groups excluding carboxylic acids is 1. The standard InChI is InChI=1S/C26H23BrClNO4/c27-17-10-9-16(24(28)14-17)13-18(11-12-25(30)31)29-26(32)33-15-23-21-7-3-1-5-19(21)20-6-2-4-8-22(20)23/h1-10,14,18,23H,11-13,15H2,(H,29,32)(H,30,31). The fourth-order valence-electron chi connectivity index (χ4n) is 4.28. The van der Waals surface area contributed by atoms with Crippen molar-refractivity contribution in [2.24, 2.45) is 0 Å². The number of hydrogen-bond acceptors (Lipinski definition) is 3. The van der Waals surface area contributed by atoms with E-state index in [0.717, 1.165) is 32.3 Å². The van der Waals surface area contributed by atoms with Crippen LogP contribution in [-0.4, -0.2) is 29.8 Å². The van der Waals surface area contributed by atoms with Crippen LogP contribution in [0.4, 0.5) is 4.79 Å². The van der Waals surface area contributed by atoms with Crippen molar-refractivity contribution in [1.82, 2.24) is 5.32 Å². The van der Waals surface area contributed by atoms with Crippen LogP contribution < -0.4 is 5.32 Å². The highest BCUT2D eigenvalue weighted by Gasteiger charge is 2.29. The van der Waals surface area contributed by atoms with Crippen molar-refractivity contribution in [1.29, 1.82) is 0 Å². The van der Waals surface area contributed by atoms with Crippen LogP contribution in [0.25, 0.3) is 11.1 Å². The first kappa shape index (κ1) is 23.3. The molecule has 3 aromatic rings. The van der Waals surface area contributed by atoms with E-state index in [1.165, 1.54) is 0 Å². The number of ether oxygens (including phenoxy) is 1. The number of carbonyl (C=O) groups is 2. The minimum absolute atomic E-state index is 0.0402. The first-order valence-corrected chi connectivity index (χ1v) is 11.9. The van der Waals surface area contributed by atoms with E-state index in [0.29, 0.717) is 11.4 Å². The molecule has 7 heteroatoms. The van der Waals surface area contributed by atoms with Gasteiger partial charge in [0.2, 0.25) is 0 Å². The molecule has 0 fully saturated rings. The number of rotatable bonds is 8. The molecule has 1 aliphatic rings. The summed E-state index contributed by atoms with van der Waals surface area (Å²) in [6, 6.07) is 21.4. The zero-order valence-corrected chi connectivity index (χ0v) is 20.1. The lowest BCUT2D eigenvalue weighted by Gasteiger charge is -2.20. The quantitative estimate of drug-likeness (QED) is 0.354. The van der Waals surface area contributed by atoms with Crippen molar-refractivity contribution in [3.05, 3.63) is 92.9 Å². The summed E-state index contributed by atoms with van der Waals surface area (Å²) in [5.74, 6) is -0.960. The second kappa shape index (κ2) is 10.4. The molecule has 170 valence electrons. The molecule has 0 saturated heterocycles. The Labute approximate surface area is 205 Å². The average Bonchev–Trinajstić information content (AvgIpc) is 3.11. The van der Waals surface area contributed by atoms with Crippen molar-refractivity contribution in [3.63, 3.8) is 0 Å². The minimum Gasteiger partial charge on any atom is -0.481 e. The van der Waals surface area contributed by atoms with Crippen LogP contribution in [0.5, 0.6) is 0 Å². The van der Waals surface area contributed by atoms with E-state index >= 15 is 0 Å². The third-order valence-electron chi connectivity index (χ3n) is 5.85. The number of carboxylic acids is 1. The second-order valence-electron chi connectivity index (χ2n) is 8.04. The van der Waals surface area contributed by atoms with Gasteiger partial charge in [-0.15, -0.1) is 0 Å². The lowest BCUT2D eigenvalue weighted by molar-refractivity contribution is -0.137. The van der Waals surface area contributed by atoms with Crippen LogP contribution in [0.15, 0.2) is 71.2 Å². The lowest BCUT2D eigenvalue weighted by atomic mass is 9.98. The maximum atomic E-state index is 12.7. The summed E-state index contributed by atoms with van der Waals surface area (Å²) < 4.78 is 6.48. The Morgan fingerprint density at radius 1 is 1.03 bits per heavy atom. The number of fused-ring (bicyclic) bond motifs is 3. The Morgan fingerprint density at radius 2 is 1.67 bits per heavy atom. The Hall–Kier alpha value is -2.83. The molecule has 1 amide bonds. The van der Waals surface area contributed by atoms with Gasteiger partial charge in [0.05, 0.1) is 0 Å². The van der Waals surface area contributed by atoms with Gasteiger partial charge in [-0.25, -0.2) is 4.79 Å². The summed E-state index contributed by atoms with van der Waals surface area (Å²) in [7, 11) is 0. The molecule has 0 radical (unpaired) electrons. The van der Waals surface area contributed by atoms with E-state index in [-0.39, 0.29) is 25.4 Å². The third-order valence-corrected chi connectivity index (χ3v) is 6.70. The van der Waals surface area contributed by atoms with Gasteiger partial charge < -0.3 is 15.2 Å². The molecular formula is C26H23BrClNO4. The molecule has 0 saturated carbocycles. The SMILES string of the molecule is O=C(O)CCC(Cc1ccc(Br)cc1Cl)NC(=O)OCC1c2ccccc2-c2ccccc21. The number of hydrogen-bond donors (Lipinski definition) is 2. The zero-order valence-electron chi connectivity index (χ0n) is 17.8. The molecule has 1 unspecified atom stereocenters. The van der Waals surface area contributed by atoms with Crippen molar-refractivity contribution in [2.45, 2.75) is 31.2 Å². The third kappa shape index (κ3) is 5.57. The Morgan fingerprint density at radius 3 is 2.27 bits per heavy atom. The van der Waals surface area contributed by atoms with Crippen LogP contribution in [0.2, 0.25) is 5.02 Å². The molecule has 33 heavy (non-hydrogen) atoms. The molecule has 3 aromatic carbocycles. The summed E-state index contributed by atoms with van der Waals surface area (Å²) in [6.45, 7) is 0.199. The highest BCUT2D eigenvalue weighted by molar-refractivity contribution is 9.10. The van der Waals surface area contributed by atoms with Gasteiger partial charge in [-0.1, -0.05) is 82.1 Å². The summed E-state index contributed by atoms with van der Waals surface area (Å²) in [4.78, 5) is 23.8. The van der Waals surface area contributed by atoms with E-state index in [4.69, 9.17) is 21.4 Å². The van der Waals surface area contributed by atoms with Crippen LogP contribution in [0.1, 0.15) is 35.4 Å². The Balaban J connectivity index is 1.44. The number of nitrogens with one attached hydrogen (secondary N) is 1. The predicted octanol–water partition coefficient (Wildman–Crippen LogP) is 6.42. The first-order chi connectivity index (χ1) is 15.9. The largest absolute Gasteiger partial charge is 0.481 e. The van der Waals surface area contributed by atoms with Gasteiger partial charge >= 0.3 is 12.1 Å². The fourth-order valence-corrected chi connectivity index (χ4v) is 5.03. The Kier molecular flexibility index (Phi) is 7.36. The lowest BCUT2D eigenvalue weighted by Crippen LogP contribution is -2.38. The average molecular weight is 529 g/mol. The monoisotopic (exact) mass is 527 g/mol. The molecule has 0 spiro atoms. The molecule has 2 N–H and O–H groups in total. The van der Waals surface area contributed by atoms with E-state index < -0.39 is 18.1 Å². The number of carboxylic acid groups (broad SMARTS) is 1. The van der Waals surface area contributed by atoms with Crippen LogP contribution in [0, 0.1) is 0 Å². The predicted molar refractivity (Wildman–Crippen MR) is 132 cm³/mol. The summed E-state index contributed by atoms with van der Waals surface area (Å²) >= 11 is 9.70. The van der Waals surface area contributed by atoms with E-state index in [2.05, 4.69) is 45.5 Å². The van der Waals surface area contributed by atoms with Crippen molar-refractivity contribution in [3.8, 4) is 11.1 Å². The number of alkyl carbamates (subject to hydrolysis) is 1. The molecule has 1 atom stereocenters. The summed E-state index contributed by atoms with van der Waals surface area (Å²) in [5.41, 5.74) is 5.41. The molecule has 0 aromatic heterocycles. The summed E-state index contributed by atoms with van der Waals surface area (Å²) in [6.07, 6.45) is 0.0401. The van der Waals surface area contributed by atoms with Crippen molar-refractivity contribution < 1.29 is 19.4 Å². The van der Waals surface area contributed by atoms with E-state index in [1.54, 1.807) is 6.07 Å². The Bertz CT molecular complexity index is 1140. The molecule has 0 bridgehead atoms. The maximum absolute atomic E-state index is 12.7. The maximum Gasteiger partial charge on any atom is 0.407 e. The molecular weight excluding hydrogens is 506 g/mol. The number of benzene rings is 3. The van der Waals surface area contributed by atoms with Crippen molar-refractivity contribution >= 4 is 39.6 Å². The number of halogens is 2. The molecule has 0 aliphatic heterocycles. The zero-order chi connectivity index (χ0) is 23.4. The van der Waals surface area contributed by atoms with Gasteiger partial charge in [0.25, 0.3) is 0 Å². The first-order valence-electron chi connectivity index (χ1n) is 10.7. The van der Waals surface area contributed by atoms with Crippen LogP contribution >= 0.6 is 27.5 Å². The number of amides is 1. The van der Waals surface area contributed by atoms with Gasteiger partial charge in [-0.05, 0) is 52.8 Å². The van der Waals surface area contributed by atoms with Gasteiger partial charge in [-0.3, -0.25) is 4.79 Å². The van der Waals surface area contributed by atoms with E-state index in [9.17, 15) is 9.59 Å². The van der Waals surface area contributed by atoms with Gasteiger partial charge in [0, 0.05) is 27.9 Å². The van der Waals surface area contributed by atoms with Crippen LogP contribution in [-0.2, 0) is 16.0 Å². The van der Waals surface area contributed by atoms with Crippen LogP contribution in [0.3, 0.4) is 0 Å². The van der Waals surface area contributed by atoms with Gasteiger partial charge in [-0.2, -0.15) is 0 Å². The number of aliphatic carboxylic acids is 1. The fraction of sp³-hybridized carbons (Fsp3) is 0.231. The topological polar surface area (TPSA) is 75.6 Å². The smallest absolute Gasteiger partial charge is 0.407 e. The summed E-state index contributed by atoms with van der Waals surface area (Å²) in [5, 5.41) is 12.5. The highest BCUT2D eigenvalue weighted by Crippen LogP contribution is 2.44. The minimum atomic E-state index is -0.920. The van der Waals surface area contributed by atoms with E-state index in [1.807, 2.05) is 36.4 Å². The molecule has 1 aliphatic carbocycles. The highest BCUT2D eigenvalue weighted by atomic mass is 79.9. The van der Waals surface area contributed by atoms with Crippen molar-refractivity contribution in [2.75, 3.05) is 6.61 Å². The molecule has 5 nitrogen and oxygen atoms in total. The second-order valence-corrected chi connectivity index (χ2v) is 9.36.